The van der Waals surface area contributed by atoms with Crippen molar-refractivity contribution in [3.63, 3.8) is 0 Å². The van der Waals surface area contributed by atoms with E-state index in [1.807, 2.05) is 0 Å². The Morgan fingerprint density at radius 1 is 1.29 bits per heavy atom. The van der Waals surface area contributed by atoms with Gasteiger partial charge in [-0.05, 0) is 43.7 Å². The van der Waals surface area contributed by atoms with Gasteiger partial charge in [-0.25, -0.2) is 9.37 Å². The molecular weight excluding hydrogens is 307 g/mol. The Morgan fingerprint density at radius 3 is 2.79 bits per heavy atom. The van der Waals surface area contributed by atoms with Gasteiger partial charge in [-0.3, -0.25) is 4.79 Å². The van der Waals surface area contributed by atoms with Crippen LogP contribution in [0.15, 0.2) is 34.9 Å². The van der Waals surface area contributed by atoms with Crippen molar-refractivity contribution in [2.45, 2.75) is 51.5 Å². The van der Waals surface area contributed by atoms with Crippen LogP contribution in [0.4, 0.5) is 4.39 Å². The van der Waals surface area contributed by atoms with Gasteiger partial charge in [-0.1, -0.05) is 19.1 Å². The Labute approximate surface area is 141 Å². The molecule has 1 aliphatic rings. The molecule has 3 rings (SSSR count). The van der Waals surface area contributed by atoms with Crippen LogP contribution in [0.25, 0.3) is 11.3 Å². The number of rotatable bonds is 5. The molecule has 1 aliphatic carbocycles. The number of oxazole rings is 1. The number of carbonyl (C=O) groups excluding carboxylic acids is 1. The van der Waals surface area contributed by atoms with Gasteiger partial charge in [-0.2, -0.15) is 0 Å². The highest BCUT2D eigenvalue weighted by Gasteiger charge is 2.20. The van der Waals surface area contributed by atoms with E-state index < -0.39 is 0 Å². The first kappa shape index (κ1) is 16.7. The minimum atomic E-state index is -0.343. The van der Waals surface area contributed by atoms with Gasteiger partial charge in [0.25, 0.3) is 0 Å². The maximum Gasteiger partial charge on any atom is 0.220 e. The lowest BCUT2D eigenvalue weighted by Crippen LogP contribution is -2.37. The summed E-state index contributed by atoms with van der Waals surface area (Å²) in [6.45, 7) is 2.26. The quantitative estimate of drug-likeness (QED) is 0.897. The zero-order valence-corrected chi connectivity index (χ0v) is 13.9. The van der Waals surface area contributed by atoms with Crippen LogP contribution in [-0.4, -0.2) is 16.9 Å². The molecule has 1 N–H and O–H groups in total. The highest BCUT2D eigenvalue weighted by atomic mass is 19.1. The van der Waals surface area contributed by atoms with E-state index in [9.17, 15) is 9.18 Å². The topological polar surface area (TPSA) is 55.1 Å². The molecule has 24 heavy (non-hydrogen) atoms. The summed E-state index contributed by atoms with van der Waals surface area (Å²) in [7, 11) is 0. The average Bonchev–Trinajstić information content (AvgIpc) is 3.04. The normalized spacial score (nSPS) is 20.8. The Bertz CT molecular complexity index is 690. The Hall–Kier alpha value is -2.17. The van der Waals surface area contributed by atoms with Crippen LogP contribution in [-0.2, 0) is 11.2 Å². The molecule has 5 heteroatoms. The molecule has 1 saturated carbocycles. The summed E-state index contributed by atoms with van der Waals surface area (Å²) < 4.78 is 19.3. The van der Waals surface area contributed by atoms with Crippen LogP contribution in [0.5, 0.6) is 0 Å². The number of nitrogens with one attached hydrogen (secondary N) is 1. The summed E-state index contributed by atoms with van der Waals surface area (Å²) in [4.78, 5) is 16.2. The predicted molar refractivity (Wildman–Crippen MR) is 89.8 cm³/mol. The van der Waals surface area contributed by atoms with Crippen molar-refractivity contribution in [1.82, 2.24) is 10.3 Å². The molecule has 0 unspecified atom stereocenters. The summed E-state index contributed by atoms with van der Waals surface area (Å²) in [6, 6.07) is 6.71. The van der Waals surface area contributed by atoms with Gasteiger partial charge in [0.1, 0.15) is 5.82 Å². The number of halogens is 1. The maximum atomic E-state index is 13.7. The van der Waals surface area contributed by atoms with Crippen molar-refractivity contribution in [1.29, 1.82) is 0 Å². The number of benzene rings is 1. The smallest absolute Gasteiger partial charge is 0.220 e. The summed E-state index contributed by atoms with van der Waals surface area (Å²) in [5.74, 6) is 1.30. The third-order valence-electron chi connectivity index (χ3n) is 4.64. The van der Waals surface area contributed by atoms with Crippen LogP contribution >= 0.6 is 0 Å². The summed E-state index contributed by atoms with van der Waals surface area (Å²) >= 11 is 0. The fourth-order valence-corrected chi connectivity index (χ4v) is 3.14. The Balaban J connectivity index is 1.50. The van der Waals surface area contributed by atoms with Crippen LogP contribution < -0.4 is 5.32 Å². The van der Waals surface area contributed by atoms with Gasteiger partial charge in [0.05, 0.1) is 11.8 Å². The minimum absolute atomic E-state index is 0.0280. The number of aromatic nitrogens is 1. The molecule has 0 saturated heterocycles. The number of nitrogens with zero attached hydrogens (tertiary/aromatic N) is 1. The summed E-state index contributed by atoms with van der Waals surface area (Å²) in [5.41, 5.74) is 0.386. The second kappa shape index (κ2) is 7.60. The molecule has 1 heterocycles. The van der Waals surface area contributed by atoms with Crippen molar-refractivity contribution in [3.8, 4) is 11.3 Å². The van der Waals surface area contributed by atoms with Gasteiger partial charge in [0, 0.05) is 18.9 Å². The molecule has 1 aromatic carbocycles. The fraction of sp³-hybridized carbons (Fsp3) is 0.474. The van der Waals surface area contributed by atoms with E-state index in [0.717, 1.165) is 18.8 Å². The number of aryl methyl sites for hydroxylation is 1. The lowest BCUT2D eigenvalue weighted by Gasteiger charge is -2.26. The standard InChI is InChI=1S/C19H23FN2O2/c1-13-6-8-14(9-7-13)22-18(23)10-11-19-21-12-17(24-19)15-4-2-3-5-16(15)20/h2-5,12-14H,6-11H2,1H3,(H,22,23). The first-order valence-electron chi connectivity index (χ1n) is 8.61. The van der Waals surface area contributed by atoms with E-state index in [1.54, 1.807) is 18.2 Å². The van der Waals surface area contributed by atoms with Crippen molar-refractivity contribution in [2.75, 3.05) is 0 Å². The molecule has 128 valence electrons. The molecule has 2 aromatic rings. The number of hydrogen-bond donors (Lipinski definition) is 1. The summed E-state index contributed by atoms with van der Waals surface area (Å²) in [5, 5.41) is 3.09. The van der Waals surface area contributed by atoms with Crippen LogP contribution in [0.2, 0.25) is 0 Å². The molecule has 4 nitrogen and oxygen atoms in total. The number of carbonyl (C=O) groups is 1. The molecule has 0 aliphatic heterocycles. The van der Waals surface area contributed by atoms with Gasteiger partial charge in [-0.15, -0.1) is 0 Å². The van der Waals surface area contributed by atoms with Crippen molar-refractivity contribution < 1.29 is 13.6 Å². The lowest BCUT2D eigenvalue weighted by molar-refractivity contribution is -0.122. The molecule has 0 bridgehead atoms. The number of amides is 1. The minimum Gasteiger partial charge on any atom is -0.441 e. The zero-order chi connectivity index (χ0) is 16.9. The SMILES string of the molecule is CC1CCC(NC(=O)CCc2ncc(-c3ccccc3F)o2)CC1. The van der Waals surface area contributed by atoms with E-state index in [0.29, 0.717) is 36.1 Å². The monoisotopic (exact) mass is 330 g/mol. The van der Waals surface area contributed by atoms with E-state index in [2.05, 4.69) is 17.2 Å². The molecular formula is C19H23FN2O2. The highest BCUT2D eigenvalue weighted by molar-refractivity contribution is 5.76. The van der Waals surface area contributed by atoms with Crippen molar-refractivity contribution in [3.05, 3.63) is 42.2 Å². The van der Waals surface area contributed by atoms with Crippen LogP contribution in [0.3, 0.4) is 0 Å². The Morgan fingerprint density at radius 2 is 2.04 bits per heavy atom. The van der Waals surface area contributed by atoms with E-state index in [1.165, 1.54) is 25.1 Å². The molecule has 0 atom stereocenters. The first-order valence-corrected chi connectivity index (χ1v) is 8.61. The second-order valence-electron chi connectivity index (χ2n) is 6.62. The molecule has 1 aromatic heterocycles. The van der Waals surface area contributed by atoms with Crippen LogP contribution in [0.1, 0.15) is 44.9 Å². The van der Waals surface area contributed by atoms with Crippen molar-refractivity contribution in [2.24, 2.45) is 5.92 Å². The molecule has 1 amide bonds. The largest absolute Gasteiger partial charge is 0.441 e. The first-order chi connectivity index (χ1) is 11.6. The Kier molecular flexibility index (Phi) is 5.28. The fourth-order valence-electron chi connectivity index (χ4n) is 3.14. The second-order valence-corrected chi connectivity index (χ2v) is 6.62. The number of hydrogen-bond acceptors (Lipinski definition) is 3. The predicted octanol–water partition coefficient (Wildman–Crippen LogP) is 4.11. The van der Waals surface area contributed by atoms with Crippen molar-refractivity contribution >= 4 is 5.91 Å². The molecule has 0 radical (unpaired) electrons. The lowest BCUT2D eigenvalue weighted by atomic mass is 9.87. The van der Waals surface area contributed by atoms with E-state index >= 15 is 0 Å². The van der Waals surface area contributed by atoms with Gasteiger partial charge in [0.2, 0.25) is 5.91 Å². The highest BCUT2D eigenvalue weighted by Crippen LogP contribution is 2.24. The molecule has 0 spiro atoms. The third-order valence-corrected chi connectivity index (χ3v) is 4.64. The molecule has 1 fully saturated rings. The van der Waals surface area contributed by atoms with Gasteiger partial charge in [0.15, 0.2) is 11.7 Å². The average molecular weight is 330 g/mol. The van der Waals surface area contributed by atoms with Gasteiger partial charge < -0.3 is 9.73 Å². The van der Waals surface area contributed by atoms with Gasteiger partial charge >= 0.3 is 0 Å². The zero-order valence-electron chi connectivity index (χ0n) is 13.9. The summed E-state index contributed by atoms with van der Waals surface area (Å²) in [6.07, 6.45) is 6.74. The third kappa shape index (κ3) is 4.22. The van der Waals surface area contributed by atoms with E-state index in [4.69, 9.17) is 4.42 Å². The van der Waals surface area contributed by atoms with E-state index in [-0.39, 0.29) is 11.7 Å². The maximum absolute atomic E-state index is 13.7. The van der Waals surface area contributed by atoms with Crippen LogP contribution in [0, 0.1) is 11.7 Å².